The maximum atomic E-state index is 10.6. The Labute approximate surface area is 157 Å². The van der Waals surface area contributed by atoms with Crippen LogP contribution in [0.5, 0.6) is 11.5 Å². The summed E-state index contributed by atoms with van der Waals surface area (Å²) >= 11 is 0. The first kappa shape index (κ1) is 20.4. The summed E-state index contributed by atoms with van der Waals surface area (Å²) in [4.78, 5) is 4.75. The highest BCUT2D eigenvalue weighted by Gasteiger charge is 2.34. The molecule has 0 amide bonds. The van der Waals surface area contributed by atoms with Crippen molar-refractivity contribution in [3.8, 4) is 11.5 Å². The summed E-state index contributed by atoms with van der Waals surface area (Å²) < 4.78 is 10.6. The maximum Gasteiger partial charge on any atom is 0.191 e. The van der Waals surface area contributed by atoms with E-state index in [1.807, 2.05) is 13.0 Å². The molecule has 0 heterocycles. The third-order valence-electron chi connectivity index (χ3n) is 5.34. The van der Waals surface area contributed by atoms with Gasteiger partial charge in [-0.05, 0) is 49.8 Å². The lowest BCUT2D eigenvalue weighted by molar-refractivity contribution is 0.139. The monoisotopic (exact) mass is 363 g/mol. The SMILES string of the molecule is CCNC(=NCC1(CC)CCC1)NCC(O)c1cc(OC)ccc1OC. The molecule has 1 aromatic carbocycles. The smallest absolute Gasteiger partial charge is 0.191 e. The lowest BCUT2D eigenvalue weighted by Gasteiger charge is -2.40. The van der Waals surface area contributed by atoms with Gasteiger partial charge in [0.15, 0.2) is 5.96 Å². The molecule has 0 aliphatic heterocycles. The highest BCUT2D eigenvalue weighted by molar-refractivity contribution is 5.79. The van der Waals surface area contributed by atoms with Gasteiger partial charge in [0.25, 0.3) is 0 Å². The molecule has 3 N–H and O–H groups in total. The van der Waals surface area contributed by atoms with Crippen LogP contribution in [-0.2, 0) is 0 Å². The molecule has 1 aliphatic rings. The van der Waals surface area contributed by atoms with E-state index in [-0.39, 0.29) is 0 Å². The standard InChI is InChI=1S/C20H33N3O3/c1-5-20(10-7-11-20)14-23-19(21-6-2)22-13-17(24)16-12-15(25-3)8-9-18(16)26-4/h8-9,12,17,24H,5-7,10-11,13-14H2,1-4H3,(H2,21,22,23). The topological polar surface area (TPSA) is 75.1 Å². The van der Waals surface area contributed by atoms with Gasteiger partial charge in [0.05, 0.1) is 20.3 Å². The Morgan fingerprint density at radius 1 is 1.23 bits per heavy atom. The first-order valence-corrected chi connectivity index (χ1v) is 9.49. The minimum Gasteiger partial charge on any atom is -0.497 e. The van der Waals surface area contributed by atoms with Gasteiger partial charge in [-0.25, -0.2) is 0 Å². The largest absolute Gasteiger partial charge is 0.497 e. The van der Waals surface area contributed by atoms with Crippen molar-refractivity contribution in [2.75, 3.05) is 33.9 Å². The van der Waals surface area contributed by atoms with Gasteiger partial charge in [-0.2, -0.15) is 0 Å². The molecule has 0 saturated heterocycles. The quantitative estimate of drug-likeness (QED) is 0.465. The predicted octanol–water partition coefficient (Wildman–Crippen LogP) is 2.87. The number of guanidine groups is 1. The number of aliphatic hydroxyl groups excluding tert-OH is 1. The molecular weight excluding hydrogens is 330 g/mol. The fraction of sp³-hybridized carbons (Fsp3) is 0.650. The van der Waals surface area contributed by atoms with Crippen LogP contribution < -0.4 is 20.1 Å². The number of hydrogen-bond acceptors (Lipinski definition) is 4. The van der Waals surface area contributed by atoms with E-state index in [0.29, 0.717) is 29.0 Å². The molecule has 146 valence electrons. The third-order valence-corrected chi connectivity index (χ3v) is 5.34. The minimum absolute atomic E-state index is 0.342. The minimum atomic E-state index is -0.729. The number of aliphatic imine (C=N–C) groups is 1. The van der Waals surface area contributed by atoms with Gasteiger partial charge in [0.2, 0.25) is 0 Å². The van der Waals surface area contributed by atoms with Crippen molar-refractivity contribution in [3.05, 3.63) is 23.8 Å². The van der Waals surface area contributed by atoms with Crippen molar-refractivity contribution in [2.45, 2.75) is 45.6 Å². The van der Waals surface area contributed by atoms with Crippen LogP contribution in [0.4, 0.5) is 0 Å². The van der Waals surface area contributed by atoms with Crippen molar-refractivity contribution in [1.29, 1.82) is 0 Å². The molecule has 0 radical (unpaired) electrons. The van der Waals surface area contributed by atoms with E-state index >= 15 is 0 Å². The van der Waals surface area contributed by atoms with Gasteiger partial charge in [-0.15, -0.1) is 0 Å². The Morgan fingerprint density at radius 2 is 2.00 bits per heavy atom. The van der Waals surface area contributed by atoms with Crippen LogP contribution in [0, 0.1) is 5.41 Å². The number of ether oxygens (including phenoxy) is 2. The van der Waals surface area contributed by atoms with E-state index < -0.39 is 6.10 Å². The number of nitrogens with zero attached hydrogens (tertiary/aromatic N) is 1. The number of nitrogens with one attached hydrogen (secondary N) is 2. The van der Waals surface area contributed by atoms with Crippen LogP contribution >= 0.6 is 0 Å². The van der Waals surface area contributed by atoms with Crippen molar-refractivity contribution < 1.29 is 14.6 Å². The summed E-state index contributed by atoms with van der Waals surface area (Å²) in [7, 11) is 3.20. The molecule has 2 rings (SSSR count). The Bertz CT molecular complexity index is 594. The van der Waals surface area contributed by atoms with Crippen LogP contribution in [0.15, 0.2) is 23.2 Å². The lowest BCUT2D eigenvalue weighted by atomic mass is 9.67. The number of hydrogen-bond donors (Lipinski definition) is 3. The summed E-state index contributed by atoms with van der Waals surface area (Å²) in [5.74, 6) is 2.07. The van der Waals surface area contributed by atoms with Crippen LogP contribution in [0.25, 0.3) is 0 Å². The van der Waals surface area contributed by atoms with Gasteiger partial charge < -0.3 is 25.2 Å². The Hall–Kier alpha value is -1.95. The number of rotatable bonds is 9. The Balaban J connectivity index is 2.01. The fourth-order valence-electron chi connectivity index (χ4n) is 3.29. The van der Waals surface area contributed by atoms with E-state index in [1.165, 1.54) is 25.7 Å². The second-order valence-corrected chi connectivity index (χ2v) is 6.91. The number of benzene rings is 1. The second kappa shape index (κ2) is 9.67. The van der Waals surface area contributed by atoms with E-state index in [0.717, 1.165) is 19.0 Å². The molecule has 6 nitrogen and oxygen atoms in total. The van der Waals surface area contributed by atoms with Crippen LogP contribution in [-0.4, -0.2) is 44.9 Å². The van der Waals surface area contributed by atoms with Crippen molar-refractivity contribution >= 4 is 5.96 Å². The molecule has 1 fully saturated rings. The summed E-state index contributed by atoms with van der Waals surface area (Å²) in [6.07, 6.45) is 4.26. The predicted molar refractivity (Wildman–Crippen MR) is 105 cm³/mol. The van der Waals surface area contributed by atoms with E-state index in [1.54, 1.807) is 26.4 Å². The summed E-state index contributed by atoms with van der Waals surface area (Å²) in [5.41, 5.74) is 1.07. The molecule has 1 atom stereocenters. The van der Waals surface area contributed by atoms with E-state index in [9.17, 15) is 5.11 Å². The molecular formula is C20H33N3O3. The number of methoxy groups -OCH3 is 2. The molecule has 6 heteroatoms. The highest BCUT2D eigenvalue weighted by Crippen LogP contribution is 2.43. The molecule has 0 bridgehead atoms. The van der Waals surface area contributed by atoms with Gasteiger partial charge in [0, 0.05) is 25.2 Å². The zero-order chi connectivity index (χ0) is 19.0. The van der Waals surface area contributed by atoms with Crippen LogP contribution in [0.2, 0.25) is 0 Å². The van der Waals surface area contributed by atoms with E-state index in [2.05, 4.69) is 17.6 Å². The zero-order valence-electron chi connectivity index (χ0n) is 16.5. The molecule has 0 aromatic heterocycles. The molecule has 0 spiro atoms. The Kier molecular flexibility index (Phi) is 7.57. The normalized spacial score (nSPS) is 17.2. The average Bonchev–Trinajstić information content (AvgIpc) is 2.64. The molecule has 1 unspecified atom stereocenters. The second-order valence-electron chi connectivity index (χ2n) is 6.91. The van der Waals surface area contributed by atoms with Gasteiger partial charge >= 0.3 is 0 Å². The van der Waals surface area contributed by atoms with Crippen molar-refractivity contribution in [2.24, 2.45) is 10.4 Å². The third kappa shape index (κ3) is 5.04. The first-order chi connectivity index (χ1) is 12.6. The zero-order valence-corrected chi connectivity index (χ0v) is 16.5. The van der Waals surface area contributed by atoms with Crippen LogP contribution in [0.1, 0.15) is 51.2 Å². The van der Waals surface area contributed by atoms with Gasteiger partial charge in [-0.1, -0.05) is 13.3 Å². The maximum absolute atomic E-state index is 10.6. The fourth-order valence-corrected chi connectivity index (χ4v) is 3.29. The van der Waals surface area contributed by atoms with Gasteiger partial charge in [-0.3, -0.25) is 4.99 Å². The lowest BCUT2D eigenvalue weighted by Crippen LogP contribution is -2.41. The summed E-state index contributed by atoms with van der Waals surface area (Å²) in [6.45, 7) is 6.24. The van der Waals surface area contributed by atoms with Crippen LogP contribution in [0.3, 0.4) is 0 Å². The summed E-state index contributed by atoms with van der Waals surface area (Å²) in [5, 5.41) is 17.1. The molecule has 1 saturated carbocycles. The number of aliphatic hydroxyl groups is 1. The highest BCUT2D eigenvalue weighted by atomic mass is 16.5. The average molecular weight is 364 g/mol. The molecule has 26 heavy (non-hydrogen) atoms. The Morgan fingerprint density at radius 3 is 2.54 bits per heavy atom. The first-order valence-electron chi connectivity index (χ1n) is 9.49. The molecule has 1 aliphatic carbocycles. The van der Waals surface area contributed by atoms with Gasteiger partial charge in [0.1, 0.15) is 11.5 Å². The summed E-state index contributed by atoms with van der Waals surface area (Å²) in [6, 6.07) is 5.42. The van der Waals surface area contributed by atoms with Crippen molar-refractivity contribution in [3.63, 3.8) is 0 Å². The molecule has 1 aromatic rings. The van der Waals surface area contributed by atoms with E-state index in [4.69, 9.17) is 14.5 Å². The van der Waals surface area contributed by atoms with Crippen molar-refractivity contribution in [1.82, 2.24) is 10.6 Å².